The van der Waals surface area contributed by atoms with Gasteiger partial charge in [0, 0.05) is 31.5 Å². The molecule has 0 aliphatic heterocycles. The highest BCUT2D eigenvalue weighted by molar-refractivity contribution is 7.79. The van der Waals surface area contributed by atoms with E-state index in [9.17, 15) is 4.79 Å². The number of rotatable bonds is 7. The molecule has 0 bridgehead atoms. The molecule has 180 valence electrons. The normalized spacial score (nSPS) is 10.7. The molecule has 8 heteroatoms. The van der Waals surface area contributed by atoms with Gasteiger partial charge in [0.2, 0.25) is 17.8 Å². The summed E-state index contributed by atoms with van der Waals surface area (Å²) < 4.78 is 0. The van der Waals surface area contributed by atoms with Crippen LogP contribution in [0.25, 0.3) is 0 Å². The number of benzene rings is 2. The summed E-state index contributed by atoms with van der Waals surface area (Å²) in [5.74, 6) is 1.46. The number of amides is 1. The molecule has 0 spiro atoms. The summed E-state index contributed by atoms with van der Waals surface area (Å²) in [6.07, 6.45) is 0. The molecule has 1 amide bonds. The van der Waals surface area contributed by atoms with Gasteiger partial charge in [-0.2, -0.15) is 15.0 Å². The van der Waals surface area contributed by atoms with E-state index in [4.69, 9.17) is 12.2 Å². The van der Waals surface area contributed by atoms with E-state index in [1.54, 1.807) is 19.0 Å². The molecule has 0 aliphatic rings. The van der Waals surface area contributed by atoms with Crippen molar-refractivity contribution in [1.82, 2.24) is 19.9 Å². The fourth-order valence-electron chi connectivity index (χ4n) is 3.10. The van der Waals surface area contributed by atoms with E-state index in [1.165, 1.54) is 5.37 Å². The zero-order chi connectivity index (χ0) is 25.1. The number of nitrogens with zero attached hydrogens (tertiary/aromatic N) is 4. The van der Waals surface area contributed by atoms with Crippen molar-refractivity contribution in [2.24, 2.45) is 0 Å². The summed E-state index contributed by atoms with van der Waals surface area (Å²) in [5.41, 5.74) is 1.97. The standard InChI is InChI=1S/C16H17NO.C10H17N5S/c1-17(2)16(18)15(13-9-5-3-6-10-13)14-11-7-4-8-12-14;1-5-11-8-12-7(6-16)13-9(14-8)15-10(2,3)4/h3-12,15H,1-2H3;6H,5H2,1-4H3,(H2,11,12,13,14,15). The highest BCUT2D eigenvalue weighted by atomic mass is 32.1. The van der Waals surface area contributed by atoms with Gasteiger partial charge in [-0.3, -0.25) is 4.79 Å². The second-order valence-corrected chi connectivity index (χ2v) is 9.09. The molecule has 0 saturated carbocycles. The zero-order valence-corrected chi connectivity index (χ0v) is 21.6. The van der Waals surface area contributed by atoms with Gasteiger partial charge in [-0.25, -0.2) is 0 Å². The molecular weight excluding hydrogens is 444 g/mol. The van der Waals surface area contributed by atoms with E-state index in [2.05, 4.69) is 25.6 Å². The molecule has 0 aliphatic carbocycles. The number of aromatic nitrogens is 3. The first-order chi connectivity index (χ1) is 16.1. The summed E-state index contributed by atoms with van der Waals surface area (Å²) >= 11 is 4.83. The maximum absolute atomic E-state index is 12.4. The third kappa shape index (κ3) is 8.51. The predicted molar refractivity (Wildman–Crippen MR) is 144 cm³/mol. The number of carbonyl (C=O) groups excluding carboxylic acids is 1. The smallest absolute Gasteiger partial charge is 0.234 e. The van der Waals surface area contributed by atoms with Crippen molar-refractivity contribution >= 4 is 35.4 Å². The van der Waals surface area contributed by atoms with Gasteiger partial charge in [0.1, 0.15) is 0 Å². The molecule has 1 heterocycles. The maximum Gasteiger partial charge on any atom is 0.234 e. The summed E-state index contributed by atoms with van der Waals surface area (Å²) in [6.45, 7) is 8.87. The van der Waals surface area contributed by atoms with Crippen LogP contribution in [0.15, 0.2) is 60.7 Å². The number of hydrogen-bond acceptors (Lipinski definition) is 7. The molecule has 1 aromatic heterocycles. The number of anilines is 2. The van der Waals surface area contributed by atoms with Crippen molar-refractivity contribution in [3.05, 3.63) is 77.6 Å². The fraction of sp³-hybridized carbons (Fsp3) is 0.346. The van der Waals surface area contributed by atoms with E-state index in [0.29, 0.717) is 17.7 Å². The molecular formula is C26H34N6OS. The first kappa shape index (κ1) is 26.9. The van der Waals surface area contributed by atoms with E-state index in [1.807, 2.05) is 88.4 Å². The second-order valence-electron chi connectivity index (χ2n) is 8.85. The molecule has 0 fully saturated rings. The lowest BCUT2D eigenvalue weighted by Gasteiger charge is -2.21. The van der Waals surface area contributed by atoms with Crippen LogP contribution in [0.3, 0.4) is 0 Å². The molecule has 7 nitrogen and oxygen atoms in total. The number of carbonyl (C=O) groups is 1. The molecule has 0 saturated heterocycles. The molecule has 3 aromatic rings. The van der Waals surface area contributed by atoms with Gasteiger partial charge in [0.15, 0.2) is 5.82 Å². The fourth-order valence-corrected chi connectivity index (χ4v) is 3.21. The minimum absolute atomic E-state index is 0.0937. The third-order valence-electron chi connectivity index (χ3n) is 4.53. The first-order valence-electron chi connectivity index (χ1n) is 11.2. The molecule has 0 atom stereocenters. The Bertz CT molecular complexity index is 1010. The van der Waals surface area contributed by atoms with Crippen molar-refractivity contribution in [3.8, 4) is 0 Å². The van der Waals surface area contributed by atoms with Gasteiger partial charge in [0.25, 0.3) is 0 Å². The monoisotopic (exact) mass is 478 g/mol. The first-order valence-corrected chi connectivity index (χ1v) is 11.7. The van der Waals surface area contributed by atoms with Gasteiger partial charge in [-0.1, -0.05) is 72.9 Å². The summed E-state index contributed by atoms with van der Waals surface area (Å²) in [7, 11) is 3.59. The Labute approximate surface area is 208 Å². The van der Waals surface area contributed by atoms with Crippen molar-refractivity contribution in [2.45, 2.75) is 39.2 Å². The molecule has 3 rings (SSSR count). The third-order valence-corrected chi connectivity index (χ3v) is 4.74. The van der Waals surface area contributed by atoms with Gasteiger partial charge in [-0.05, 0) is 38.8 Å². The second kappa shape index (κ2) is 12.7. The predicted octanol–water partition coefficient (Wildman–Crippen LogP) is 4.77. The molecule has 34 heavy (non-hydrogen) atoms. The van der Waals surface area contributed by atoms with Gasteiger partial charge < -0.3 is 15.5 Å². The maximum atomic E-state index is 12.4. The van der Waals surface area contributed by atoms with Crippen LogP contribution in [0.4, 0.5) is 11.9 Å². The lowest BCUT2D eigenvalue weighted by Crippen LogP contribution is -2.28. The minimum atomic E-state index is -0.220. The zero-order valence-electron chi connectivity index (χ0n) is 20.7. The average molecular weight is 479 g/mol. The molecule has 0 unspecified atom stereocenters. The highest BCUT2D eigenvalue weighted by Gasteiger charge is 2.23. The Morgan fingerprint density at radius 3 is 1.85 bits per heavy atom. The van der Waals surface area contributed by atoms with E-state index >= 15 is 0 Å². The van der Waals surface area contributed by atoms with Crippen LogP contribution in [-0.2, 0) is 4.79 Å². The summed E-state index contributed by atoms with van der Waals surface area (Å²) in [5, 5.41) is 7.67. The van der Waals surface area contributed by atoms with E-state index in [-0.39, 0.29) is 17.4 Å². The lowest BCUT2D eigenvalue weighted by molar-refractivity contribution is -0.129. The Hall–Kier alpha value is -3.39. The minimum Gasteiger partial charge on any atom is -0.354 e. The van der Waals surface area contributed by atoms with Crippen molar-refractivity contribution in [1.29, 1.82) is 0 Å². The number of likely N-dealkylation sites (N-methyl/N-ethyl adjacent to an activating group) is 1. The van der Waals surface area contributed by atoms with Gasteiger partial charge in [-0.15, -0.1) is 0 Å². The van der Waals surface area contributed by atoms with Crippen LogP contribution in [0.1, 0.15) is 50.6 Å². The van der Waals surface area contributed by atoms with Gasteiger partial charge in [0.05, 0.1) is 5.92 Å². The summed E-state index contributed by atoms with van der Waals surface area (Å²) in [4.78, 5) is 26.6. The summed E-state index contributed by atoms with van der Waals surface area (Å²) in [6, 6.07) is 19.8. The SMILES string of the molecule is CCNc1nc(C=S)nc(NC(C)(C)C)n1.CN(C)C(=O)C(c1ccccc1)c1ccccc1. The van der Waals surface area contributed by atoms with E-state index < -0.39 is 0 Å². The van der Waals surface area contributed by atoms with Crippen molar-refractivity contribution in [3.63, 3.8) is 0 Å². The number of nitrogens with one attached hydrogen (secondary N) is 2. The van der Waals surface area contributed by atoms with Crippen LogP contribution < -0.4 is 10.6 Å². The van der Waals surface area contributed by atoms with Crippen molar-refractivity contribution in [2.75, 3.05) is 31.3 Å². The molecule has 0 radical (unpaired) electrons. The average Bonchev–Trinajstić information content (AvgIpc) is 2.80. The Balaban J connectivity index is 0.000000242. The largest absolute Gasteiger partial charge is 0.354 e. The number of hydrogen-bond donors (Lipinski definition) is 2. The Morgan fingerprint density at radius 2 is 1.44 bits per heavy atom. The van der Waals surface area contributed by atoms with Crippen LogP contribution in [-0.4, -0.2) is 57.3 Å². The lowest BCUT2D eigenvalue weighted by atomic mass is 9.90. The van der Waals surface area contributed by atoms with Crippen molar-refractivity contribution < 1.29 is 4.79 Å². The van der Waals surface area contributed by atoms with E-state index in [0.717, 1.165) is 17.7 Å². The number of thiocarbonyl (C=S) groups is 1. The van der Waals surface area contributed by atoms with Crippen LogP contribution >= 0.6 is 12.2 Å². The molecule has 2 N–H and O–H groups in total. The Morgan fingerprint density at radius 1 is 0.941 bits per heavy atom. The van der Waals surface area contributed by atoms with Crippen LogP contribution in [0.5, 0.6) is 0 Å². The van der Waals surface area contributed by atoms with Crippen LogP contribution in [0.2, 0.25) is 0 Å². The highest BCUT2D eigenvalue weighted by Crippen LogP contribution is 2.26. The molecule has 2 aromatic carbocycles. The van der Waals surface area contributed by atoms with Crippen LogP contribution in [0, 0.1) is 0 Å². The quantitative estimate of drug-likeness (QED) is 0.473. The topological polar surface area (TPSA) is 83.0 Å². The Kier molecular flexibility index (Phi) is 10.1. The van der Waals surface area contributed by atoms with Gasteiger partial charge >= 0.3 is 0 Å².